The summed E-state index contributed by atoms with van der Waals surface area (Å²) in [4.78, 5) is 4.02. The zero-order valence-electron chi connectivity index (χ0n) is 10.1. The molecule has 0 amide bonds. The van der Waals surface area contributed by atoms with Gasteiger partial charge in [0.15, 0.2) is 11.6 Å². The first-order valence-electron chi connectivity index (χ1n) is 5.64. The minimum absolute atomic E-state index is 0.0585. The number of fused-ring (bicyclic) bond motifs is 1. The first kappa shape index (κ1) is 11.6. The Morgan fingerprint density at radius 1 is 1.26 bits per heavy atom. The first-order valence-corrected chi connectivity index (χ1v) is 5.64. The average Bonchev–Trinajstić information content (AvgIpc) is 2.90. The SMILES string of the molecule is Cn1ccc(Cn2c(N)nc3ccc(F)c(F)c32)n1. The van der Waals surface area contributed by atoms with E-state index in [0.717, 1.165) is 6.07 Å². The number of hydrogen-bond donors (Lipinski definition) is 1. The molecule has 1 aromatic carbocycles. The van der Waals surface area contributed by atoms with E-state index < -0.39 is 11.6 Å². The molecule has 0 spiro atoms. The largest absolute Gasteiger partial charge is 0.369 e. The van der Waals surface area contributed by atoms with Crippen LogP contribution in [-0.2, 0) is 13.6 Å². The quantitative estimate of drug-likeness (QED) is 0.765. The zero-order valence-corrected chi connectivity index (χ0v) is 10.1. The molecule has 5 nitrogen and oxygen atoms in total. The van der Waals surface area contributed by atoms with Crippen LogP contribution in [0.25, 0.3) is 11.0 Å². The summed E-state index contributed by atoms with van der Waals surface area (Å²) in [6.45, 7) is 0.240. The Bertz CT molecular complexity index is 759. The number of aryl methyl sites for hydroxylation is 1. The maximum atomic E-state index is 13.9. The van der Waals surface area contributed by atoms with Gasteiger partial charge in [-0.15, -0.1) is 0 Å². The molecule has 0 radical (unpaired) electrons. The van der Waals surface area contributed by atoms with Crippen molar-refractivity contribution in [3.8, 4) is 0 Å². The summed E-state index contributed by atoms with van der Waals surface area (Å²) < 4.78 is 30.2. The standard InChI is InChI=1S/C12H11F2N5/c1-18-5-4-7(17-18)6-19-11-9(16-12(19)15)3-2-8(13)10(11)14/h2-5H,6H2,1H3,(H2,15,16). The number of nitrogens with two attached hydrogens (primary N) is 1. The fourth-order valence-corrected chi connectivity index (χ4v) is 2.04. The molecular weight excluding hydrogens is 252 g/mol. The van der Waals surface area contributed by atoms with Crippen molar-refractivity contribution in [2.45, 2.75) is 6.54 Å². The molecule has 2 heterocycles. The van der Waals surface area contributed by atoms with Gasteiger partial charge in [-0.3, -0.25) is 4.68 Å². The molecule has 0 bridgehead atoms. The molecule has 2 N–H and O–H groups in total. The Labute approximate surface area is 107 Å². The van der Waals surface area contributed by atoms with Crippen LogP contribution >= 0.6 is 0 Å². The lowest BCUT2D eigenvalue weighted by molar-refractivity contribution is 0.512. The van der Waals surface area contributed by atoms with E-state index in [4.69, 9.17) is 5.73 Å². The maximum absolute atomic E-state index is 13.9. The molecule has 0 atom stereocenters. The van der Waals surface area contributed by atoms with E-state index in [1.54, 1.807) is 24.0 Å². The predicted molar refractivity (Wildman–Crippen MR) is 66.4 cm³/mol. The minimum atomic E-state index is -0.947. The highest BCUT2D eigenvalue weighted by atomic mass is 19.2. The lowest BCUT2D eigenvalue weighted by Crippen LogP contribution is -2.06. The molecule has 2 aromatic heterocycles. The lowest BCUT2D eigenvalue weighted by atomic mass is 10.3. The molecule has 3 aromatic rings. The van der Waals surface area contributed by atoms with Gasteiger partial charge in [-0.1, -0.05) is 0 Å². The Morgan fingerprint density at radius 3 is 2.74 bits per heavy atom. The molecule has 3 rings (SSSR count). The molecule has 0 aliphatic carbocycles. The van der Waals surface area contributed by atoms with Crippen LogP contribution in [0.4, 0.5) is 14.7 Å². The number of halogens is 2. The van der Waals surface area contributed by atoms with Gasteiger partial charge in [0.25, 0.3) is 0 Å². The predicted octanol–water partition coefficient (Wildman–Crippen LogP) is 1.68. The van der Waals surface area contributed by atoms with Crippen molar-refractivity contribution in [3.05, 3.63) is 41.7 Å². The van der Waals surface area contributed by atoms with Crippen LogP contribution in [0.5, 0.6) is 0 Å². The van der Waals surface area contributed by atoms with E-state index >= 15 is 0 Å². The second-order valence-corrected chi connectivity index (χ2v) is 4.27. The van der Waals surface area contributed by atoms with E-state index in [2.05, 4.69) is 10.1 Å². The summed E-state index contributed by atoms with van der Waals surface area (Å²) in [6.07, 6.45) is 1.77. The Hall–Kier alpha value is -2.44. The van der Waals surface area contributed by atoms with E-state index in [9.17, 15) is 8.78 Å². The molecule has 19 heavy (non-hydrogen) atoms. The molecule has 0 saturated heterocycles. The molecule has 0 fully saturated rings. The van der Waals surface area contributed by atoms with Crippen molar-refractivity contribution < 1.29 is 8.78 Å². The third-order valence-electron chi connectivity index (χ3n) is 2.92. The number of anilines is 1. The van der Waals surface area contributed by atoms with Gasteiger partial charge in [-0.25, -0.2) is 13.8 Å². The topological polar surface area (TPSA) is 61.7 Å². The fraction of sp³-hybridized carbons (Fsp3) is 0.167. The van der Waals surface area contributed by atoms with Gasteiger partial charge in [0.05, 0.1) is 17.8 Å². The molecule has 0 unspecified atom stereocenters. The second-order valence-electron chi connectivity index (χ2n) is 4.27. The first-order chi connectivity index (χ1) is 9.06. The summed E-state index contributed by atoms with van der Waals surface area (Å²) in [5.41, 5.74) is 6.83. The molecule has 0 aliphatic rings. The normalized spacial score (nSPS) is 11.3. The number of benzene rings is 1. The van der Waals surface area contributed by atoms with Crippen LogP contribution in [0.3, 0.4) is 0 Å². The Morgan fingerprint density at radius 2 is 2.05 bits per heavy atom. The van der Waals surface area contributed by atoms with E-state index in [1.165, 1.54) is 10.6 Å². The number of rotatable bonds is 2. The van der Waals surface area contributed by atoms with Crippen molar-refractivity contribution in [3.63, 3.8) is 0 Å². The molecular formula is C12H11F2N5. The fourth-order valence-electron chi connectivity index (χ4n) is 2.04. The Balaban J connectivity index is 2.17. The van der Waals surface area contributed by atoms with Crippen molar-refractivity contribution in [2.75, 3.05) is 5.73 Å². The lowest BCUT2D eigenvalue weighted by Gasteiger charge is -2.05. The minimum Gasteiger partial charge on any atom is -0.369 e. The number of hydrogen-bond acceptors (Lipinski definition) is 3. The molecule has 98 valence electrons. The van der Waals surface area contributed by atoms with Crippen molar-refractivity contribution in [2.24, 2.45) is 7.05 Å². The van der Waals surface area contributed by atoms with Crippen LogP contribution in [0, 0.1) is 11.6 Å². The van der Waals surface area contributed by atoms with Crippen molar-refractivity contribution in [1.82, 2.24) is 19.3 Å². The number of imidazole rings is 1. The highest BCUT2D eigenvalue weighted by Crippen LogP contribution is 2.23. The van der Waals surface area contributed by atoms with Crippen LogP contribution in [0.15, 0.2) is 24.4 Å². The van der Waals surface area contributed by atoms with Crippen molar-refractivity contribution >= 4 is 17.0 Å². The maximum Gasteiger partial charge on any atom is 0.201 e. The number of nitrogen functional groups attached to an aromatic ring is 1. The second kappa shape index (κ2) is 4.04. The Kier molecular flexibility index (Phi) is 2.48. The summed E-state index contributed by atoms with van der Waals surface area (Å²) in [5.74, 6) is -1.74. The van der Waals surface area contributed by atoms with Crippen LogP contribution in [0.2, 0.25) is 0 Å². The van der Waals surface area contributed by atoms with Gasteiger partial charge in [-0.2, -0.15) is 5.10 Å². The number of nitrogens with zero attached hydrogens (tertiary/aromatic N) is 4. The van der Waals surface area contributed by atoms with Gasteiger partial charge in [0.1, 0.15) is 5.52 Å². The molecule has 7 heteroatoms. The van der Waals surface area contributed by atoms with E-state index in [-0.39, 0.29) is 18.0 Å². The zero-order chi connectivity index (χ0) is 13.6. The van der Waals surface area contributed by atoms with Crippen LogP contribution in [-0.4, -0.2) is 19.3 Å². The van der Waals surface area contributed by atoms with Gasteiger partial charge in [0.2, 0.25) is 5.95 Å². The van der Waals surface area contributed by atoms with Crippen LogP contribution in [0.1, 0.15) is 5.69 Å². The van der Waals surface area contributed by atoms with Gasteiger partial charge in [-0.05, 0) is 18.2 Å². The monoisotopic (exact) mass is 263 g/mol. The van der Waals surface area contributed by atoms with Crippen molar-refractivity contribution in [1.29, 1.82) is 0 Å². The van der Waals surface area contributed by atoms with Gasteiger partial charge in [0, 0.05) is 13.2 Å². The highest BCUT2D eigenvalue weighted by Gasteiger charge is 2.16. The summed E-state index contributed by atoms with van der Waals surface area (Å²) >= 11 is 0. The van der Waals surface area contributed by atoms with E-state index in [1.807, 2.05) is 0 Å². The third kappa shape index (κ3) is 1.83. The van der Waals surface area contributed by atoms with Gasteiger partial charge < -0.3 is 10.3 Å². The van der Waals surface area contributed by atoms with Crippen LogP contribution < -0.4 is 5.73 Å². The summed E-state index contributed by atoms with van der Waals surface area (Å²) in [5, 5.41) is 4.18. The highest BCUT2D eigenvalue weighted by molar-refractivity contribution is 5.79. The average molecular weight is 263 g/mol. The smallest absolute Gasteiger partial charge is 0.201 e. The number of aromatic nitrogens is 4. The summed E-state index contributed by atoms with van der Waals surface area (Å²) in [6, 6.07) is 4.22. The van der Waals surface area contributed by atoms with Gasteiger partial charge >= 0.3 is 0 Å². The van der Waals surface area contributed by atoms with E-state index in [0.29, 0.717) is 11.2 Å². The summed E-state index contributed by atoms with van der Waals surface area (Å²) in [7, 11) is 1.78. The third-order valence-corrected chi connectivity index (χ3v) is 2.92. The molecule has 0 aliphatic heterocycles. The molecule has 0 saturated carbocycles.